The van der Waals surface area contributed by atoms with Crippen molar-refractivity contribution in [2.24, 2.45) is 0 Å². The molecular weight excluding hydrogens is 298 g/mol. The minimum Gasteiger partial charge on any atom is -0.465 e. The molecule has 0 bridgehead atoms. The summed E-state index contributed by atoms with van der Waals surface area (Å²) in [5, 5.41) is 10.2. The predicted molar refractivity (Wildman–Crippen MR) is 53.3 cm³/mol. The van der Waals surface area contributed by atoms with E-state index in [2.05, 4.69) is 15.9 Å². The third-order valence-electron chi connectivity index (χ3n) is 1.48. The third-order valence-corrected chi connectivity index (χ3v) is 1.93. The van der Waals surface area contributed by atoms with Crippen molar-refractivity contribution in [2.75, 3.05) is 5.32 Å². The Hall–Kier alpha value is -1.31. The number of benzene rings is 1. The van der Waals surface area contributed by atoms with Crippen molar-refractivity contribution in [1.29, 1.82) is 0 Å². The molecule has 0 saturated carbocycles. The zero-order valence-corrected chi connectivity index (χ0v) is 9.09. The highest BCUT2D eigenvalue weighted by Crippen LogP contribution is 2.33. The van der Waals surface area contributed by atoms with E-state index in [-0.39, 0.29) is 14.9 Å². The second-order valence-corrected chi connectivity index (χ2v) is 3.57. The number of rotatable bonds is 1. The first-order chi connectivity index (χ1) is 6.79. The van der Waals surface area contributed by atoms with Crippen LogP contribution in [0.1, 0.15) is 5.56 Å². The second kappa shape index (κ2) is 5.15. The summed E-state index contributed by atoms with van der Waals surface area (Å²) in [6, 6.07) is 2.83. The van der Waals surface area contributed by atoms with E-state index in [1.807, 2.05) is 5.32 Å². The molecule has 1 aromatic carbocycles. The maximum absolute atomic E-state index is 12.3. The summed E-state index contributed by atoms with van der Waals surface area (Å²) in [5.74, 6) is 0. The van der Waals surface area contributed by atoms with Gasteiger partial charge in [0.15, 0.2) is 0 Å². The zero-order valence-electron chi connectivity index (χ0n) is 7.51. The van der Waals surface area contributed by atoms with E-state index in [9.17, 15) is 18.0 Å². The molecule has 1 rings (SSSR count). The summed E-state index contributed by atoms with van der Waals surface area (Å²) in [6.07, 6.45) is -5.92. The number of halogens is 5. The summed E-state index contributed by atoms with van der Waals surface area (Å²) >= 11 is 2.86. The van der Waals surface area contributed by atoms with E-state index in [1.165, 1.54) is 6.07 Å². The summed E-state index contributed by atoms with van der Waals surface area (Å²) in [5.41, 5.74) is -1.05. The van der Waals surface area contributed by atoms with Gasteiger partial charge in [-0.05, 0) is 18.2 Å². The molecule has 0 fully saturated rings. The van der Waals surface area contributed by atoms with Crippen molar-refractivity contribution in [2.45, 2.75) is 6.18 Å². The molecule has 0 aliphatic carbocycles. The molecule has 0 heterocycles. The number of hydrogen-bond donors (Lipinski definition) is 2. The van der Waals surface area contributed by atoms with Crippen molar-refractivity contribution in [3.63, 3.8) is 0 Å². The quantitative estimate of drug-likeness (QED) is 0.777. The van der Waals surface area contributed by atoms with Crippen molar-refractivity contribution in [3.8, 4) is 0 Å². The van der Waals surface area contributed by atoms with Crippen LogP contribution >= 0.6 is 15.9 Å². The lowest BCUT2D eigenvalue weighted by molar-refractivity contribution is -0.137. The van der Waals surface area contributed by atoms with Crippen LogP contribution in [0.2, 0.25) is 0 Å². The van der Waals surface area contributed by atoms with Crippen molar-refractivity contribution in [1.82, 2.24) is 0 Å². The number of carboxylic acid groups (broad SMARTS) is 1. The summed E-state index contributed by atoms with van der Waals surface area (Å²) < 4.78 is 37.0. The van der Waals surface area contributed by atoms with E-state index in [1.54, 1.807) is 0 Å². The van der Waals surface area contributed by atoms with Gasteiger partial charge in [-0.25, -0.2) is 4.79 Å². The van der Waals surface area contributed by atoms with Gasteiger partial charge in [0.2, 0.25) is 0 Å². The Balaban J connectivity index is 0.00000225. The van der Waals surface area contributed by atoms with Gasteiger partial charge in [-0.2, -0.15) is 13.2 Å². The van der Waals surface area contributed by atoms with Gasteiger partial charge in [-0.3, -0.25) is 10.0 Å². The average Bonchev–Trinajstić information content (AvgIpc) is 1.99. The summed E-state index contributed by atoms with van der Waals surface area (Å²) in [7, 11) is 0. The van der Waals surface area contributed by atoms with Gasteiger partial charge in [0.1, 0.15) is 0 Å². The molecule has 3 nitrogen and oxygen atoms in total. The van der Waals surface area contributed by atoms with E-state index in [0.717, 1.165) is 12.1 Å². The van der Waals surface area contributed by atoms with Crippen LogP contribution < -0.4 is 5.32 Å². The van der Waals surface area contributed by atoms with Crippen LogP contribution in [0.25, 0.3) is 0 Å². The monoisotopic (exact) mass is 303 g/mol. The number of amides is 1. The molecule has 8 heteroatoms. The first-order valence-electron chi connectivity index (χ1n) is 3.67. The third kappa shape index (κ3) is 4.05. The molecule has 0 spiro atoms. The molecule has 90 valence electrons. The van der Waals surface area contributed by atoms with Gasteiger partial charge in [0.05, 0.1) is 5.56 Å². The molecule has 0 unspecified atom stereocenters. The van der Waals surface area contributed by atoms with E-state index in [0.29, 0.717) is 0 Å². The Bertz CT molecular complexity index is 394. The molecule has 16 heavy (non-hydrogen) atoms. The number of hydrogen-bond acceptors (Lipinski definition) is 1. The standard InChI is InChI=1S/C8H5BrF3NO2.FH/c9-5-1-4(8(10,11)12)2-6(3-5)13-7(14)15;/h1-3,13H,(H,14,15);1H. The SMILES string of the molecule is F.O=C(O)Nc1cc(Br)cc(C(F)(F)F)c1. The Morgan fingerprint density at radius 2 is 1.88 bits per heavy atom. The molecule has 1 amide bonds. The van der Waals surface area contributed by atoms with Gasteiger partial charge in [0.25, 0.3) is 0 Å². The topological polar surface area (TPSA) is 49.3 Å². The number of anilines is 1. The lowest BCUT2D eigenvalue weighted by atomic mass is 10.2. The summed E-state index contributed by atoms with van der Waals surface area (Å²) in [6.45, 7) is 0. The predicted octanol–water partition coefficient (Wildman–Crippen LogP) is 3.71. The Morgan fingerprint density at radius 3 is 2.31 bits per heavy atom. The van der Waals surface area contributed by atoms with Crippen LogP contribution in [0.3, 0.4) is 0 Å². The molecule has 0 radical (unpaired) electrons. The first-order valence-corrected chi connectivity index (χ1v) is 4.46. The molecular formula is C8H6BrF4NO2. The molecule has 0 aliphatic heterocycles. The van der Waals surface area contributed by atoms with Gasteiger partial charge < -0.3 is 5.11 Å². The molecule has 0 saturated heterocycles. The Kier molecular flexibility index (Phi) is 4.73. The zero-order chi connectivity index (χ0) is 11.6. The normalized spacial score (nSPS) is 10.5. The fourth-order valence-corrected chi connectivity index (χ4v) is 1.44. The van der Waals surface area contributed by atoms with Crippen LogP contribution in [0.4, 0.5) is 28.4 Å². The Labute approximate surface area is 95.8 Å². The lowest BCUT2D eigenvalue weighted by Gasteiger charge is -2.09. The average molecular weight is 304 g/mol. The van der Waals surface area contributed by atoms with E-state index >= 15 is 0 Å². The maximum Gasteiger partial charge on any atom is 0.416 e. The second-order valence-electron chi connectivity index (χ2n) is 2.66. The van der Waals surface area contributed by atoms with Crippen molar-refractivity contribution in [3.05, 3.63) is 28.2 Å². The van der Waals surface area contributed by atoms with Crippen molar-refractivity contribution < 1.29 is 27.8 Å². The number of nitrogens with one attached hydrogen (secondary N) is 1. The molecule has 0 atom stereocenters. The smallest absolute Gasteiger partial charge is 0.416 e. The fourth-order valence-electron chi connectivity index (χ4n) is 0.949. The fraction of sp³-hybridized carbons (Fsp3) is 0.125. The highest BCUT2D eigenvalue weighted by Gasteiger charge is 2.31. The summed E-state index contributed by atoms with van der Waals surface area (Å²) in [4.78, 5) is 10.2. The van der Waals surface area contributed by atoms with Crippen LogP contribution in [0, 0.1) is 0 Å². The number of carbonyl (C=O) groups is 1. The lowest BCUT2D eigenvalue weighted by Crippen LogP contribution is -2.10. The van der Waals surface area contributed by atoms with Crippen LogP contribution in [-0.4, -0.2) is 11.2 Å². The van der Waals surface area contributed by atoms with Gasteiger partial charge in [-0.1, -0.05) is 15.9 Å². The van der Waals surface area contributed by atoms with Gasteiger partial charge in [0, 0.05) is 10.2 Å². The maximum atomic E-state index is 12.3. The molecule has 0 aromatic heterocycles. The van der Waals surface area contributed by atoms with Gasteiger partial charge in [-0.15, -0.1) is 0 Å². The largest absolute Gasteiger partial charge is 0.465 e. The highest BCUT2D eigenvalue weighted by molar-refractivity contribution is 9.10. The molecule has 2 N–H and O–H groups in total. The van der Waals surface area contributed by atoms with E-state index < -0.39 is 17.8 Å². The first kappa shape index (κ1) is 14.7. The molecule has 1 aromatic rings. The Morgan fingerprint density at radius 1 is 1.31 bits per heavy atom. The van der Waals surface area contributed by atoms with Crippen molar-refractivity contribution >= 4 is 27.7 Å². The highest BCUT2D eigenvalue weighted by atomic mass is 79.9. The molecule has 0 aliphatic rings. The van der Waals surface area contributed by atoms with Gasteiger partial charge >= 0.3 is 12.3 Å². The number of alkyl halides is 3. The minimum atomic E-state index is -4.50. The van der Waals surface area contributed by atoms with E-state index in [4.69, 9.17) is 5.11 Å². The van der Waals surface area contributed by atoms with Crippen LogP contribution in [-0.2, 0) is 6.18 Å². The van der Waals surface area contributed by atoms with Crippen LogP contribution in [0.15, 0.2) is 22.7 Å². The minimum absolute atomic E-state index is 0. The van der Waals surface area contributed by atoms with Crippen LogP contribution in [0.5, 0.6) is 0 Å².